The quantitative estimate of drug-likeness (QED) is 0.602. The third-order valence-corrected chi connectivity index (χ3v) is 1.56. The fourth-order valence-corrected chi connectivity index (χ4v) is 0.822. The predicted octanol–water partition coefficient (Wildman–Crippen LogP) is 1.72. The van der Waals surface area contributed by atoms with Crippen molar-refractivity contribution >= 4 is 5.91 Å². The summed E-state index contributed by atoms with van der Waals surface area (Å²) in [5.41, 5.74) is 0. The Balaban J connectivity index is 3.28. The van der Waals surface area contributed by atoms with Gasteiger partial charge in [0.05, 0.1) is 0 Å². The van der Waals surface area contributed by atoms with E-state index in [-0.39, 0.29) is 5.91 Å². The fraction of sp³-hybridized carbons (Fsp3) is 0.667. The Kier molecular flexibility index (Phi) is 5.53. The zero-order valence-corrected chi connectivity index (χ0v) is 7.39. The summed E-state index contributed by atoms with van der Waals surface area (Å²) >= 11 is 0. The molecule has 0 aromatic rings. The lowest BCUT2D eigenvalue weighted by molar-refractivity contribution is -0.119. The minimum Gasteiger partial charge on any atom is -0.356 e. The van der Waals surface area contributed by atoms with Gasteiger partial charge in [-0.3, -0.25) is 4.79 Å². The van der Waals surface area contributed by atoms with Crippen molar-refractivity contribution in [2.45, 2.75) is 26.7 Å². The predicted molar refractivity (Wildman–Crippen MR) is 47.3 cm³/mol. The van der Waals surface area contributed by atoms with Crippen LogP contribution in [0.15, 0.2) is 12.7 Å². The van der Waals surface area contributed by atoms with Gasteiger partial charge in [-0.05, 0) is 18.8 Å². The van der Waals surface area contributed by atoms with Gasteiger partial charge in [-0.2, -0.15) is 0 Å². The molecular formula is C9H17NO. The normalized spacial score (nSPS) is 12.2. The number of carbonyl (C=O) groups is 1. The van der Waals surface area contributed by atoms with Crippen molar-refractivity contribution in [2.75, 3.05) is 6.54 Å². The van der Waals surface area contributed by atoms with Crippen molar-refractivity contribution in [3.8, 4) is 0 Å². The molecule has 0 radical (unpaired) electrons. The van der Waals surface area contributed by atoms with Gasteiger partial charge in [0.1, 0.15) is 0 Å². The summed E-state index contributed by atoms with van der Waals surface area (Å²) in [6.07, 6.45) is 4.04. The van der Waals surface area contributed by atoms with E-state index in [1.807, 2.05) is 6.08 Å². The van der Waals surface area contributed by atoms with Crippen LogP contribution >= 0.6 is 0 Å². The molecule has 0 aromatic carbocycles. The Bertz CT molecular complexity index is 132. The van der Waals surface area contributed by atoms with Crippen molar-refractivity contribution in [1.82, 2.24) is 5.32 Å². The second kappa shape index (κ2) is 5.96. The van der Waals surface area contributed by atoms with Crippen molar-refractivity contribution in [2.24, 2.45) is 5.92 Å². The molecule has 0 fully saturated rings. The number of allylic oxidation sites excluding steroid dienone is 1. The summed E-state index contributed by atoms with van der Waals surface area (Å²) in [5.74, 6) is 0.604. The van der Waals surface area contributed by atoms with Gasteiger partial charge in [0.25, 0.3) is 0 Å². The first-order chi connectivity index (χ1) is 5.16. The molecule has 0 heterocycles. The van der Waals surface area contributed by atoms with Crippen LogP contribution in [-0.2, 0) is 4.79 Å². The molecular weight excluding hydrogens is 138 g/mol. The van der Waals surface area contributed by atoms with E-state index in [2.05, 4.69) is 18.8 Å². The third-order valence-electron chi connectivity index (χ3n) is 1.56. The van der Waals surface area contributed by atoms with Crippen LogP contribution in [0.4, 0.5) is 0 Å². The molecule has 0 aromatic heterocycles. The van der Waals surface area contributed by atoms with Crippen molar-refractivity contribution in [3.05, 3.63) is 12.7 Å². The van der Waals surface area contributed by atoms with Gasteiger partial charge in [0, 0.05) is 13.5 Å². The molecule has 1 atom stereocenters. The highest BCUT2D eigenvalue weighted by Crippen LogP contribution is 2.03. The number of rotatable bonds is 5. The molecule has 2 heteroatoms. The zero-order valence-electron chi connectivity index (χ0n) is 7.39. The first-order valence-electron chi connectivity index (χ1n) is 4.02. The summed E-state index contributed by atoms with van der Waals surface area (Å²) in [5, 5.41) is 2.78. The van der Waals surface area contributed by atoms with Gasteiger partial charge in [-0.1, -0.05) is 13.0 Å². The van der Waals surface area contributed by atoms with Gasteiger partial charge in [0.2, 0.25) is 5.91 Å². The molecule has 0 aliphatic carbocycles. The van der Waals surface area contributed by atoms with Crippen LogP contribution < -0.4 is 5.32 Å². The molecule has 0 aliphatic rings. The lowest BCUT2D eigenvalue weighted by Crippen LogP contribution is -2.25. The first-order valence-corrected chi connectivity index (χ1v) is 4.02. The third kappa shape index (κ3) is 7.10. The van der Waals surface area contributed by atoms with Gasteiger partial charge < -0.3 is 5.32 Å². The number of nitrogens with one attached hydrogen (secondary N) is 1. The number of hydrogen-bond donors (Lipinski definition) is 1. The van der Waals surface area contributed by atoms with Crippen molar-refractivity contribution in [3.63, 3.8) is 0 Å². The average Bonchev–Trinajstić information content (AvgIpc) is 1.97. The lowest BCUT2D eigenvalue weighted by Gasteiger charge is -2.09. The molecule has 1 unspecified atom stereocenters. The van der Waals surface area contributed by atoms with E-state index in [0.29, 0.717) is 5.92 Å². The van der Waals surface area contributed by atoms with Crippen LogP contribution in [0.25, 0.3) is 0 Å². The summed E-state index contributed by atoms with van der Waals surface area (Å²) in [6, 6.07) is 0. The second-order valence-corrected chi connectivity index (χ2v) is 2.91. The van der Waals surface area contributed by atoms with Gasteiger partial charge >= 0.3 is 0 Å². The largest absolute Gasteiger partial charge is 0.356 e. The number of amides is 1. The van der Waals surface area contributed by atoms with Crippen LogP contribution in [0.3, 0.4) is 0 Å². The summed E-state index contributed by atoms with van der Waals surface area (Å²) < 4.78 is 0. The lowest BCUT2D eigenvalue weighted by atomic mass is 10.1. The van der Waals surface area contributed by atoms with Crippen molar-refractivity contribution in [1.29, 1.82) is 0 Å². The average molecular weight is 155 g/mol. The Morgan fingerprint density at radius 2 is 2.36 bits per heavy atom. The van der Waals surface area contributed by atoms with Gasteiger partial charge in [-0.15, -0.1) is 6.58 Å². The maximum atomic E-state index is 10.5. The van der Waals surface area contributed by atoms with E-state index in [4.69, 9.17) is 0 Å². The van der Waals surface area contributed by atoms with E-state index in [0.717, 1.165) is 19.4 Å². The number of carbonyl (C=O) groups excluding carboxylic acids is 1. The van der Waals surface area contributed by atoms with Crippen LogP contribution in [0.5, 0.6) is 0 Å². The molecule has 0 saturated carbocycles. The Hall–Kier alpha value is -0.790. The summed E-state index contributed by atoms with van der Waals surface area (Å²) in [7, 11) is 0. The minimum atomic E-state index is 0.0513. The van der Waals surface area contributed by atoms with Crippen LogP contribution in [0.1, 0.15) is 26.7 Å². The fourth-order valence-electron chi connectivity index (χ4n) is 0.822. The monoisotopic (exact) mass is 155 g/mol. The highest BCUT2D eigenvalue weighted by Gasteiger charge is 2.00. The summed E-state index contributed by atoms with van der Waals surface area (Å²) in [6.45, 7) is 8.09. The van der Waals surface area contributed by atoms with E-state index < -0.39 is 0 Å². The Labute approximate surface area is 68.7 Å². The van der Waals surface area contributed by atoms with Crippen LogP contribution in [0, 0.1) is 5.92 Å². The van der Waals surface area contributed by atoms with E-state index >= 15 is 0 Å². The maximum absolute atomic E-state index is 10.5. The topological polar surface area (TPSA) is 29.1 Å². The van der Waals surface area contributed by atoms with E-state index in [1.54, 1.807) is 6.92 Å². The van der Waals surface area contributed by atoms with Crippen LogP contribution in [0.2, 0.25) is 0 Å². The minimum absolute atomic E-state index is 0.0513. The zero-order chi connectivity index (χ0) is 8.69. The Morgan fingerprint density at radius 1 is 1.73 bits per heavy atom. The Morgan fingerprint density at radius 3 is 2.82 bits per heavy atom. The van der Waals surface area contributed by atoms with Gasteiger partial charge in [-0.25, -0.2) is 0 Å². The molecule has 64 valence electrons. The van der Waals surface area contributed by atoms with Crippen LogP contribution in [-0.4, -0.2) is 12.5 Å². The molecule has 11 heavy (non-hydrogen) atoms. The smallest absolute Gasteiger partial charge is 0.216 e. The molecule has 0 spiro atoms. The molecule has 2 nitrogen and oxygen atoms in total. The number of hydrogen-bond acceptors (Lipinski definition) is 1. The summed E-state index contributed by atoms with van der Waals surface area (Å²) in [4.78, 5) is 10.5. The second-order valence-electron chi connectivity index (χ2n) is 2.91. The van der Waals surface area contributed by atoms with E-state index in [1.165, 1.54) is 0 Å². The SMILES string of the molecule is C=CCCC(C)CNC(C)=O. The molecule has 1 N–H and O–H groups in total. The highest BCUT2D eigenvalue weighted by molar-refractivity contribution is 5.72. The standard InChI is InChI=1S/C9H17NO/c1-4-5-6-8(2)7-10-9(3)11/h4,8H,1,5-7H2,2-3H3,(H,10,11). The molecule has 0 bridgehead atoms. The maximum Gasteiger partial charge on any atom is 0.216 e. The molecule has 0 rings (SSSR count). The van der Waals surface area contributed by atoms with E-state index in [9.17, 15) is 4.79 Å². The molecule has 1 amide bonds. The highest BCUT2D eigenvalue weighted by atomic mass is 16.1. The van der Waals surface area contributed by atoms with Gasteiger partial charge in [0.15, 0.2) is 0 Å². The molecule has 0 saturated heterocycles. The first kappa shape index (κ1) is 10.2. The molecule has 0 aliphatic heterocycles. The van der Waals surface area contributed by atoms with Crippen molar-refractivity contribution < 1.29 is 4.79 Å².